The average Bonchev–Trinajstić information content (AvgIpc) is 2.75. The maximum absolute atomic E-state index is 12.2. The smallest absolute Gasteiger partial charge is 0.227 e. The van der Waals surface area contributed by atoms with E-state index in [1.54, 1.807) is 0 Å². The number of hydrogen-bond donors (Lipinski definition) is 1. The van der Waals surface area contributed by atoms with Gasteiger partial charge in [0, 0.05) is 19.1 Å². The topological polar surface area (TPSA) is 32.3 Å². The summed E-state index contributed by atoms with van der Waals surface area (Å²) in [4.78, 5) is 14.3. The lowest BCUT2D eigenvalue weighted by Crippen LogP contribution is -2.41. The Labute approximate surface area is 108 Å². The number of amides is 1. The monoisotopic (exact) mass is 244 g/mol. The summed E-state index contributed by atoms with van der Waals surface area (Å²) in [5.41, 5.74) is 1.31. The molecule has 2 aliphatic rings. The van der Waals surface area contributed by atoms with Crippen molar-refractivity contribution in [1.82, 2.24) is 10.2 Å². The fourth-order valence-electron chi connectivity index (χ4n) is 3.11. The molecule has 96 valence electrons. The lowest BCUT2D eigenvalue weighted by molar-refractivity contribution is -0.131. The van der Waals surface area contributed by atoms with Crippen molar-refractivity contribution in [1.29, 1.82) is 0 Å². The molecule has 0 aliphatic carbocycles. The summed E-state index contributed by atoms with van der Waals surface area (Å²) < 4.78 is 0. The van der Waals surface area contributed by atoms with Crippen LogP contribution in [0, 0.1) is 5.92 Å². The third kappa shape index (κ3) is 2.27. The van der Waals surface area contributed by atoms with Crippen LogP contribution in [-0.4, -0.2) is 36.5 Å². The van der Waals surface area contributed by atoms with Gasteiger partial charge in [-0.25, -0.2) is 0 Å². The van der Waals surface area contributed by atoms with Crippen molar-refractivity contribution in [2.45, 2.75) is 25.3 Å². The second kappa shape index (κ2) is 5.11. The Hall–Kier alpha value is -1.35. The van der Waals surface area contributed by atoms with Crippen molar-refractivity contribution in [3.05, 3.63) is 35.9 Å². The van der Waals surface area contributed by atoms with Crippen LogP contribution in [0.3, 0.4) is 0 Å². The van der Waals surface area contributed by atoms with Gasteiger partial charge in [0.2, 0.25) is 5.91 Å². The molecule has 2 saturated heterocycles. The zero-order valence-electron chi connectivity index (χ0n) is 10.6. The zero-order chi connectivity index (χ0) is 12.4. The predicted octanol–water partition coefficient (Wildman–Crippen LogP) is 1.44. The molecule has 2 aliphatic heterocycles. The molecule has 2 heterocycles. The lowest BCUT2D eigenvalue weighted by Gasteiger charge is -2.23. The first kappa shape index (κ1) is 11.7. The molecule has 0 aromatic heterocycles. The Balaban J connectivity index is 1.59. The van der Waals surface area contributed by atoms with Crippen LogP contribution in [-0.2, 0) is 11.2 Å². The number of piperidine rings is 1. The third-order valence-corrected chi connectivity index (χ3v) is 4.14. The molecule has 1 N–H and O–H groups in total. The van der Waals surface area contributed by atoms with E-state index in [1.807, 2.05) is 11.0 Å². The zero-order valence-corrected chi connectivity index (χ0v) is 10.6. The van der Waals surface area contributed by atoms with E-state index >= 15 is 0 Å². The SMILES string of the molecule is O=C1C2CCCNC2CN1CCc1ccccc1. The maximum Gasteiger partial charge on any atom is 0.227 e. The van der Waals surface area contributed by atoms with Crippen molar-refractivity contribution in [3.63, 3.8) is 0 Å². The van der Waals surface area contributed by atoms with Gasteiger partial charge in [-0.1, -0.05) is 30.3 Å². The van der Waals surface area contributed by atoms with E-state index in [0.717, 1.165) is 38.9 Å². The van der Waals surface area contributed by atoms with Gasteiger partial charge in [-0.05, 0) is 31.4 Å². The van der Waals surface area contributed by atoms with Crippen molar-refractivity contribution in [2.75, 3.05) is 19.6 Å². The number of benzene rings is 1. The van der Waals surface area contributed by atoms with Crippen LogP contribution >= 0.6 is 0 Å². The minimum absolute atomic E-state index is 0.245. The van der Waals surface area contributed by atoms with Gasteiger partial charge in [0.25, 0.3) is 0 Å². The second-order valence-electron chi connectivity index (χ2n) is 5.33. The average molecular weight is 244 g/mol. The Morgan fingerprint density at radius 1 is 1.28 bits per heavy atom. The number of rotatable bonds is 3. The van der Waals surface area contributed by atoms with Crippen molar-refractivity contribution in [3.8, 4) is 0 Å². The van der Waals surface area contributed by atoms with E-state index in [2.05, 4.69) is 29.6 Å². The number of likely N-dealkylation sites (tertiary alicyclic amines) is 1. The van der Waals surface area contributed by atoms with Crippen LogP contribution in [0.1, 0.15) is 18.4 Å². The van der Waals surface area contributed by atoms with E-state index in [1.165, 1.54) is 5.56 Å². The molecule has 2 unspecified atom stereocenters. The molecule has 1 aromatic rings. The normalized spacial score (nSPS) is 27.3. The molecule has 0 saturated carbocycles. The molecule has 3 rings (SSSR count). The van der Waals surface area contributed by atoms with Crippen molar-refractivity contribution in [2.24, 2.45) is 5.92 Å². The molecule has 2 atom stereocenters. The highest BCUT2D eigenvalue weighted by Crippen LogP contribution is 2.26. The van der Waals surface area contributed by atoms with Gasteiger partial charge in [-0.2, -0.15) is 0 Å². The van der Waals surface area contributed by atoms with Crippen LogP contribution in [0.25, 0.3) is 0 Å². The lowest BCUT2D eigenvalue weighted by atomic mass is 9.94. The van der Waals surface area contributed by atoms with Crippen LogP contribution < -0.4 is 5.32 Å². The van der Waals surface area contributed by atoms with Crippen LogP contribution in [0.5, 0.6) is 0 Å². The molecule has 0 spiro atoms. The Morgan fingerprint density at radius 3 is 2.89 bits per heavy atom. The predicted molar refractivity (Wildman–Crippen MR) is 71.2 cm³/mol. The molecule has 1 amide bonds. The summed E-state index contributed by atoms with van der Waals surface area (Å²) in [6.45, 7) is 2.83. The van der Waals surface area contributed by atoms with Gasteiger partial charge in [-0.3, -0.25) is 4.79 Å². The quantitative estimate of drug-likeness (QED) is 0.872. The molecule has 3 heteroatoms. The summed E-state index contributed by atoms with van der Waals surface area (Å²) in [7, 11) is 0. The van der Waals surface area contributed by atoms with Gasteiger partial charge in [0.05, 0.1) is 5.92 Å². The third-order valence-electron chi connectivity index (χ3n) is 4.14. The van der Waals surface area contributed by atoms with Gasteiger partial charge >= 0.3 is 0 Å². The highest BCUT2D eigenvalue weighted by Gasteiger charge is 2.40. The Bertz CT molecular complexity index is 418. The Kier molecular flexibility index (Phi) is 3.33. The number of fused-ring (bicyclic) bond motifs is 1. The number of hydrogen-bond acceptors (Lipinski definition) is 2. The highest BCUT2D eigenvalue weighted by molar-refractivity contribution is 5.82. The minimum Gasteiger partial charge on any atom is -0.340 e. The summed E-state index contributed by atoms with van der Waals surface area (Å²) in [6, 6.07) is 10.8. The van der Waals surface area contributed by atoms with Crippen molar-refractivity contribution >= 4 is 5.91 Å². The Morgan fingerprint density at radius 2 is 2.11 bits per heavy atom. The molecule has 1 aromatic carbocycles. The van der Waals surface area contributed by atoms with Gasteiger partial charge < -0.3 is 10.2 Å². The first-order valence-electron chi connectivity index (χ1n) is 6.91. The molecule has 0 bridgehead atoms. The van der Waals surface area contributed by atoms with E-state index in [4.69, 9.17) is 0 Å². The number of nitrogens with zero attached hydrogens (tertiary/aromatic N) is 1. The fourth-order valence-corrected chi connectivity index (χ4v) is 3.11. The number of carbonyl (C=O) groups excluding carboxylic acids is 1. The number of nitrogens with one attached hydrogen (secondary N) is 1. The highest BCUT2D eigenvalue weighted by atomic mass is 16.2. The van der Waals surface area contributed by atoms with Crippen molar-refractivity contribution < 1.29 is 4.79 Å². The molecular formula is C15H20N2O. The van der Waals surface area contributed by atoms with E-state index in [-0.39, 0.29) is 5.92 Å². The fraction of sp³-hybridized carbons (Fsp3) is 0.533. The molecule has 0 radical (unpaired) electrons. The van der Waals surface area contributed by atoms with Gasteiger partial charge in [0.1, 0.15) is 0 Å². The number of carbonyl (C=O) groups is 1. The maximum atomic E-state index is 12.2. The first-order chi connectivity index (χ1) is 8.84. The minimum atomic E-state index is 0.245. The summed E-state index contributed by atoms with van der Waals surface area (Å²) >= 11 is 0. The molecule has 2 fully saturated rings. The second-order valence-corrected chi connectivity index (χ2v) is 5.33. The molecule has 3 nitrogen and oxygen atoms in total. The summed E-state index contributed by atoms with van der Waals surface area (Å²) in [5, 5.41) is 3.48. The van der Waals surface area contributed by atoms with E-state index < -0.39 is 0 Å². The van der Waals surface area contributed by atoms with Crippen LogP contribution in [0.15, 0.2) is 30.3 Å². The standard InChI is InChI=1S/C15H20N2O/c18-15-13-7-4-9-16-14(13)11-17(15)10-8-12-5-2-1-3-6-12/h1-3,5-6,13-14,16H,4,7-11H2. The molecule has 18 heavy (non-hydrogen) atoms. The van der Waals surface area contributed by atoms with Crippen LogP contribution in [0.2, 0.25) is 0 Å². The van der Waals surface area contributed by atoms with Gasteiger partial charge in [-0.15, -0.1) is 0 Å². The van der Waals surface area contributed by atoms with Gasteiger partial charge in [0.15, 0.2) is 0 Å². The molecular weight excluding hydrogens is 224 g/mol. The largest absolute Gasteiger partial charge is 0.340 e. The van der Waals surface area contributed by atoms with Crippen LogP contribution in [0.4, 0.5) is 0 Å². The summed E-state index contributed by atoms with van der Waals surface area (Å²) in [6.07, 6.45) is 3.17. The van der Waals surface area contributed by atoms with E-state index in [9.17, 15) is 4.79 Å². The first-order valence-corrected chi connectivity index (χ1v) is 6.91. The van der Waals surface area contributed by atoms with E-state index in [0.29, 0.717) is 11.9 Å². The summed E-state index contributed by atoms with van der Waals surface area (Å²) in [5.74, 6) is 0.609.